The van der Waals surface area contributed by atoms with E-state index in [1.807, 2.05) is 17.8 Å². The van der Waals surface area contributed by atoms with Crippen LogP contribution in [0.25, 0.3) is 0 Å². The average molecular weight is 280 g/mol. The Bertz CT molecular complexity index is 439. The van der Waals surface area contributed by atoms with E-state index in [0.717, 1.165) is 11.4 Å². The van der Waals surface area contributed by atoms with Crippen LogP contribution in [0.3, 0.4) is 0 Å². The molecule has 1 saturated carbocycles. The fourth-order valence-corrected chi connectivity index (χ4v) is 3.73. The van der Waals surface area contributed by atoms with Crippen molar-refractivity contribution in [2.24, 2.45) is 0 Å². The Morgan fingerprint density at radius 2 is 2.37 bits per heavy atom. The highest BCUT2D eigenvalue weighted by Crippen LogP contribution is 2.29. The van der Waals surface area contributed by atoms with Crippen molar-refractivity contribution in [3.63, 3.8) is 0 Å². The lowest BCUT2D eigenvalue weighted by Crippen LogP contribution is -2.34. The van der Waals surface area contributed by atoms with Gasteiger partial charge in [-0.15, -0.1) is 0 Å². The Hall–Kier alpha value is -1.07. The Labute approximate surface area is 118 Å². The molecule has 1 heterocycles. The van der Waals surface area contributed by atoms with Crippen molar-refractivity contribution in [3.8, 4) is 0 Å². The van der Waals surface area contributed by atoms with Crippen LogP contribution in [0.2, 0.25) is 0 Å². The molecular weight excluding hydrogens is 260 g/mol. The third-order valence-corrected chi connectivity index (χ3v) is 4.73. The normalized spacial score (nSPS) is 22.6. The number of pyridine rings is 1. The van der Waals surface area contributed by atoms with Gasteiger partial charge in [0, 0.05) is 17.8 Å². The number of thioether (sulfide) groups is 1. The number of nitrogens with one attached hydrogen (secondary N) is 1. The standard InChI is InChI=1S/C14H20N2O2S/c1-2-19-13-8-4-6-11(13)15-9-10-5-3-7-12(16-10)14(17)18/h3,5,7,11,13,15H,2,4,6,8-9H2,1H3,(H,17,18). The molecule has 4 nitrogen and oxygen atoms in total. The van der Waals surface area contributed by atoms with Gasteiger partial charge in [0.15, 0.2) is 0 Å². The second kappa shape index (κ2) is 6.91. The van der Waals surface area contributed by atoms with Crippen molar-refractivity contribution in [1.82, 2.24) is 10.3 Å². The van der Waals surface area contributed by atoms with E-state index in [1.54, 1.807) is 6.07 Å². The van der Waals surface area contributed by atoms with Gasteiger partial charge in [0.05, 0.1) is 5.69 Å². The Morgan fingerprint density at radius 1 is 1.53 bits per heavy atom. The molecule has 2 unspecified atom stereocenters. The minimum atomic E-state index is -0.970. The number of carboxylic acid groups (broad SMARTS) is 1. The van der Waals surface area contributed by atoms with Crippen molar-refractivity contribution >= 4 is 17.7 Å². The fourth-order valence-electron chi connectivity index (χ4n) is 2.51. The predicted molar refractivity (Wildman–Crippen MR) is 77.6 cm³/mol. The lowest BCUT2D eigenvalue weighted by atomic mass is 10.2. The van der Waals surface area contributed by atoms with Crippen LogP contribution in [0.1, 0.15) is 42.4 Å². The zero-order valence-electron chi connectivity index (χ0n) is 11.1. The number of rotatable bonds is 6. The summed E-state index contributed by atoms with van der Waals surface area (Å²) in [5.74, 6) is 0.178. The number of nitrogens with zero attached hydrogens (tertiary/aromatic N) is 1. The molecule has 104 valence electrons. The molecule has 0 spiro atoms. The van der Waals surface area contributed by atoms with Gasteiger partial charge in [0.1, 0.15) is 5.69 Å². The highest BCUT2D eigenvalue weighted by Gasteiger charge is 2.26. The average Bonchev–Trinajstić information content (AvgIpc) is 2.85. The molecule has 0 aromatic carbocycles. The summed E-state index contributed by atoms with van der Waals surface area (Å²) in [4.78, 5) is 15.0. The molecule has 0 amide bonds. The van der Waals surface area contributed by atoms with Gasteiger partial charge < -0.3 is 10.4 Å². The minimum absolute atomic E-state index is 0.116. The highest BCUT2D eigenvalue weighted by molar-refractivity contribution is 7.99. The number of carboxylic acids is 1. The van der Waals surface area contributed by atoms with Crippen LogP contribution in [0.4, 0.5) is 0 Å². The van der Waals surface area contributed by atoms with E-state index in [4.69, 9.17) is 5.11 Å². The maximum atomic E-state index is 10.9. The van der Waals surface area contributed by atoms with E-state index in [9.17, 15) is 4.79 Å². The molecule has 1 aromatic heterocycles. The number of hydrogen-bond acceptors (Lipinski definition) is 4. The molecule has 1 aromatic rings. The van der Waals surface area contributed by atoms with Crippen molar-refractivity contribution in [2.75, 3.05) is 5.75 Å². The summed E-state index contributed by atoms with van der Waals surface area (Å²) in [6.07, 6.45) is 3.76. The van der Waals surface area contributed by atoms with Crippen LogP contribution >= 0.6 is 11.8 Å². The van der Waals surface area contributed by atoms with E-state index in [2.05, 4.69) is 17.2 Å². The largest absolute Gasteiger partial charge is 0.477 e. The molecule has 2 N–H and O–H groups in total. The van der Waals surface area contributed by atoms with Crippen LogP contribution in [-0.2, 0) is 6.54 Å². The topological polar surface area (TPSA) is 62.2 Å². The van der Waals surface area contributed by atoms with E-state index in [-0.39, 0.29) is 5.69 Å². The molecule has 1 aliphatic rings. The molecule has 2 atom stereocenters. The van der Waals surface area contributed by atoms with Gasteiger partial charge in [-0.3, -0.25) is 0 Å². The molecule has 0 aliphatic heterocycles. The van der Waals surface area contributed by atoms with Crippen LogP contribution in [-0.4, -0.2) is 33.1 Å². The summed E-state index contributed by atoms with van der Waals surface area (Å²) in [6.45, 7) is 2.84. The Kier molecular flexibility index (Phi) is 5.22. The van der Waals surface area contributed by atoms with E-state index in [0.29, 0.717) is 17.8 Å². The quantitative estimate of drug-likeness (QED) is 0.838. The molecule has 0 radical (unpaired) electrons. The van der Waals surface area contributed by atoms with E-state index < -0.39 is 5.97 Å². The van der Waals surface area contributed by atoms with Gasteiger partial charge >= 0.3 is 5.97 Å². The predicted octanol–water partition coefficient (Wildman–Crippen LogP) is 2.54. The van der Waals surface area contributed by atoms with Gasteiger partial charge in [-0.2, -0.15) is 11.8 Å². The molecular formula is C14H20N2O2S. The summed E-state index contributed by atoms with van der Waals surface area (Å²) in [6, 6.07) is 5.67. The fraction of sp³-hybridized carbons (Fsp3) is 0.571. The molecule has 2 rings (SSSR count). The lowest BCUT2D eigenvalue weighted by molar-refractivity contribution is 0.0690. The van der Waals surface area contributed by atoms with Crippen LogP contribution in [0.15, 0.2) is 18.2 Å². The maximum Gasteiger partial charge on any atom is 0.354 e. The van der Waals surface area contributed by atoms with Crippen LogP contribution < -0.4 is 5.32 Å². The molecule has 0 bridgehead atoms. The number of aromatic nitrogens is 1. The van der Waals surface area contributed by atoms with E-state index >= 15 is 0 Å². The highest BCUT2D eigenvalue weighted by atomic mass is 32.2. The SMILES string of the molecule is CCSC1CCCC1NCc1cccc(C(=O)O)n1. The molecule has 19 heavy (non-hydrogen) atoms. The van der Waals surface area contributed by atoms with Crippen molar-refractivity contribution < 1.29 is 9.90 Å². The van der Waals surface area contributed by atoms with Gasteiger partial charge in [-0.05, 0) is 30.7 Å². The molecule has 0 saturated heterocycles. The summed E-state index contributed by atoms with van der Waals surface area (Å²) in [5.41, 5.74) is 0.914. The first-order chi connectivity index (χ1) is 9.20. The first kappa shape index (κ1) is 14.3. The zero-order valence-corrected chi connectivity index (χ0v) is 11.9. The third kappa shape index (κ3) is 3.94. The van der Waals surface area contributed by atoms with Crippen molar-refractivity contribution in [3.05, 3.63) is 29.6 Å². The van der Waals surface area contributed by atoms with Crippen LogP contribution in [0.5, 0.6) is 0 Å². The lowest BCUT2D eigenvalue weighted by Gasteiger charge is -2.20. The second-order valence-corrected chi connectivity index (χ2v) is 6.25. The summed E-state index contributed by atoms with van der Waals surface area (Å²) in [7, 11) is 0. The zero-order chi connectivity index (χ0) is 13.7. The van der Waals surface area contributed by atoms with Gasteiger partial charge in [-0.1, -0.05) is 19.4 Å². The molecule has 1 fully saturated rings. The Morgan fingerprint density at radius 3 is 3.11 bits per heavy atom. The second-order valence-electron chi connectivity index (χ2n) is 4.73. The third-order valence-electron chi connectivity index (χ3n) is 3.40. The summed E-state index contributed by atoms with van der Waals surface area (Å²) in [5, 5.41) is 13.1. The molecule has 5 heteroatoms. The van der Waals surface area contributed by atoms with Crippen molar-refractivity contribution in [2.45, 2.75) is 44.0 Å². The number of carbonyl (C=O) groups is 1. The van der Waals surface area contributed by atoms with Gasteiger partial charge in [0.25, 0.3) is 0 Å². The van der Waals surface area contributed by atoms with Crippen molar-refractivity contribution in [1.29, 1.82) is 0 Å². The summed E-state index contributed by atoms with van der Waals surface area (Å²) < 4.78 is 0. The minimum Gasteiger partial charge on any atom is -0.477 e. The first-order valence-corrected chi connectivity index (χ1v) is 7.79. The van der Waals surface area contributed by atoms with Crippen LogP contribution in [0, 0.1) is 0 Å². The Balaban J connectivity index is 1.91. The molecule has 1 aliphatic carbocycles. The summed E-state index contributed by atoms with van der Waals surface area (Å²) >= 11 is 2.01. The number of hydrogen-bond donors (Lipinski definition) is 2. The van der Waals surface area contributed by atoms with Gasteiger partial charge in [-0.25, -0.2) is 9.78 Å². The first-order valence-electron chi connectivity index (χ1n) is 6.75. The van der Waals surface area contributed by atoms with E-state index in [1.165, 1.54) is 25.3 Å². The monoisotopic (exact) mass is 280 g/mol. The smallest absolute Gasteiger partial charge is 0.354 e. The van der Waals surface area contributed by atoms with Gasteiger partial charge in [0.2, 0.25) is 0 Å². The maximum absolute atomic E-state index is 10.9. The number of aromatic carboxylic acids is 1.